The predicted molar refractivity (Wildman–Crippen MR) is 90.3 cm³/mol. The van der Waals surface area contributed by atoms with E-state index in [4.69, 9.17) is 5.73 Å². The fraction of sp³-hybridized carbons (Fsp3) is 0.333. The number of benzene rings is 1. The van der Waals surface area contributed by atoms with Crippen molar-refractivity contribution in [3.05, 3.63) is 59.9 Å². The lowest BCUT2D eigenvalue weighted by molar-refractivity contribution is -0.137. The average molecular weight is 351 g/mol. The van der Waals surface area contributed by atoms with Crippen LogP contribution in [-0.2, 0) is 6.18 Å². The van der Waals surface area contributed by atoms with Gasteiger partial charge in [-0.2, -0.15) is 13.2 Å². The second-order valence-corrected chi connectivity index (χ2v) is 5.67. The smallest absolute Gasteiger partial charge is 0.372 e. The quantitative estimate of drug-likeness (QED) is 0.893. The van der Waals surface area contributed by atoms with E-state index in [1.807, 2.05) is 0 Å². The first-order valence-corrected chi connectivity index (χ1v) is 8.01. The highest BCUT2D eigenvalue weighted by atomic mass is 19.4. The van der Waals surface area contributed by atoms with Crippen molar-refractivity contribution < 1.29 is 18.0 Å². The molecule has 1 saturated heterocycles. The third-order valence-corrected chi connectivity index (χ3v) is 3.83. The van der Waals surface area contributed by atoms with Crippen LogP contribution in [-0.4, -0.2) is 24.0 Å². The molecule has 0 aliphatic carbocycles. The number of alkyl halides is 3. The Morgan fingerprint density at radius 3 is 2.08 bits per heavy atom. The van der Waals surface area contributed by atoms with E-state index >= 15 is 0 Å². The Morgan fingerprint density at radius 2 is 1.64 bits per heavy atom. The zero-order chi connectivity index (χ0) is 18.3. The molecule has 1 aliphatic rings. The molecule has 0 saturated carbocycles. The van der Waals surface area contributed by atoms with Crippen LogP contribution in [0.1, 0.15) is 35.3 Å². The maximum Gasteiger partial charge on any atom is 0.416 e. The Balaban J connectivity index is 0.000000212. The molecule has 1 aromatic heterocycles. The first kappa shape index (κ1) is 18.8. The standard InChI is InChI=1S/C12H14F3N.C6H6N2O/c13-12(14,15)10-4-6-11(7-5-10)16-8-2-1-3-9-16;7-6(9)5-3-1-2-4-8-5/h4-7H,1-3,8-9H2;1-4H,(H2,7,9). The van der Waals surface area contributed by atoms with E-state index in [1.54, 1.807) is 30.3 Å². The lowest BCUT2D eigenvalue weighted by atomic mass is 10.1. The van der Waals surface area contributed by atoms with Crippen molar-refractivity contribution in [3.8, 4) is 0 Å². The molecule has 25 heavy (non-hydrogen) atoms. The Hall–Kier alpha value is -2.57. The number of piperidine rings is 1. The third kappa shape index (κ3) is 5.77. The molecule has 1 amide bonds. The molecule has 7 heteroatoms. The molecule has 3 rings (SSSR count). The van der Waals surface area contributed by atoms with Crippen molar-refractivity contribution in [2.24, 2.45) is 5.73 Å². The fourth-order valence-electron chi connectivity index (χ4n) is 2.52. The molecule has 0 spiro atoms. The van der Waals surface area contributed by atoms with Crippen LogP contribution in [0.4, 0.5) is 18.9 Å². The van der Waals surface area contributed by atoms with Gasteiger partial charge in [0.1, 0.15) is 5.69 Å². The Labute approximate surface area is 144 Å². The number of hydrogen-bond donors (Lipinski definition) is 1. The van der Waals surface area contributed by atoms with Crippen LogP contribution >= 0.6 is 0 Å². The maximum absolute atomic E-state index is 12.3. The second kappa shape index (κ2) is 8.50. The van der Waals surface area contributed by atoms with Gasteiger partial charge in [-0.05, 0) is 55.7 Å². The number of nitrogens with zero attached hydrogens (tertiary/aromatic N) is 2. The number of nitrogens with two attached hydrogens (primary N) is 1. The summed E-state index contributed by atoms with van der Waals surface area (Å²) in [6.07, 6.45) is 0.764. The van der Waals surface area contributed by atoms with Crippen LogP contribution in [0.5, 0.6) is 0 Å². The van der Waals surface area contributed by atoms with E-state index in [2.05, 4.69) is 9.88 Å². The Morgan fingerprint density at radius 1 is 1.00 bits per heavy atom. The number of anilines is 1. The maximum atomic E-state index is 12.3. The average Bonchev–Trinajstić information content (AvgIpc) is 2.63. The summed E-state index contributed by atoms with van der Waals surface area (Å²) in [6, 6.07) is 10.5. The lowest BCUT2D eigenvalue weighted by Gasteiger charge is -2.28. The van der Waals surface area contributed by atoms with E-state index in [0.29, 0.717) is 5.69 Å². The minimum Gasteiger partial charge on any atom is -0.372 e. The van der Waals surface area contributed by atoms with Gasteiger partial charge >= 0.3 is 6.18 Å². The van der Waals surface area contributed by atoms with Crippen LogP contribution in [0.15, 0.2) is 48.7 Å². The van der Waals surface area contributed by atoms with Crippen LogP contribution in [0, 0.1) is 0 Å². The van der Waals surface area contributed by atoms with E-state index in [-0.39, 0.29) is 0 Å². The fourth-order valence-corrected chi connectivity index (χ4v) is 2.52. The molecule has 2 N–H and O–H groups in total. The van der Waals surface area contributed by atoms with Crippen molar-refractivity contribution in [2.75, 3.05) is 18.0 Å². The normalized spacial score (nSPS) is 14.4. The van der Waals surface area contributed by atoms with Crippen molar-refractivity contribution in [1.82, 2.24) is 4.98 Å². The summed E-state index contributed by atoms with van der Waals surface area (Å²) in [6.45, 7) is 1.90. The molecule has 4 nitrogen and oxygen atoms in total. The molecule has 2 heterocycles. The number of aromatic nitrogens is 1. The van der Waals surface area contributed by atoms with E-state index in [0.717, 1.165) is 43.8 Å². The van der Waals surface area contributed by atoms with Gasteiger partial charge in [-0.3, -0.25) is 9.78 Å². The van der Waals surface area contributed by atoms with Crippen LogP contribution < -0.4 is 10.6 Å². The number of halogens is 3. The predicted octanol–water partition coefficient (Wildman–Crippen LogP) is 3.88. The summed E-state index contributed by atoms with van der Waals surface area (Å²) in [5.41, 5.74) is 5.54. The zero-order valence-corrected chi connectivity index (χ0v) is 13.7. The molecular weight excluding hydrogens is 331 g/mol. The van der Waals surface area contributed by atoms with Gasteiger partial charge in [-0.15, -0.1) is 0 Å². The number of primary amides is 1. The topological polar surface area (TPSA) is 59.2 Å². The molecule has 0 atom stereocenters. The highest BCUT2D eigenvalue weighted by Gasteiger charge is 2.30. The van der Waals surface area contributed by atoms with Crippen LogP contribution in [0.3, 0.4) is 0 Å². The first-order chi connectivity index (χ1) is 11.9. The zero-order valence-electron chi connectivity index (χ0n) is 13.7. The van der Waals surface area contributed by atoms with E-state index in [9.17, 15) is 18.0 Å². The Bertz CT molecular complexity index is 666. The minimum atomic E-state index is -4.24. The van der Waals surface area contributed by atoms with Crippen molar-refractivity contribution >= 4 is 11.6 Å². The van der Waals surface area contributed by atoms with Crippen molar-refractivity contribution in [1.29, 1.82) is 0 Å². The van der Waals surface area contributed by atoms with Gasteiger partial charge in [-0.1, -0.05) is 6.07 Å². The van der Waals surface area contributed by atoms with Crippen LogP contribution in [0.25, 0.3) is 0 Å². The van der Waals surface area contributed by atoms with E-state index in [1.165, 1.54) is 12.6 Å². The molecule has 134 valence electrons. The summed E-state index contributed by atoms with van der Waals surface area (Å²) in [5, 5.41) is 0. The van der Waals surface area contributed by atoms with Gasteiger partial charge in [0.2, 0.25) is 0 Å². The van der Waals surface area contributed by atoms with Gasteiger partial charge in [-0.25, -0.2) is 0 Å². The summed E-state index contributed by atoms with van der Waals surface area (Å²) in [7, 11) is 0. The van der Waals surface area contributed by atoms with E-state index < -0.39 is 17.6 Å². The second-order valence-electron chi connectivity index (χ2n) is 5.67. The molecule has 2 aromatic rings. The highest BCUT2D eigenvalue weighted by molar-refractivity contribution is 5.90. The number of amides is 1. The molecule has 0 bridgehead atoms. The third-order valence-electron chi connectivity index (χ3n) is 3.83. The number of hydrogen-bond acceptors (Lipinski definition) is 3. The van der Waals surface area contributed by atoms with Crippen molar-refractivity contribution in [3.63, 3.8) is 0 Å². The summed E-state index contributed by atoms with van der Waals surface area (Å²) < 4.78 is 37.0. The molecule has 0 radical (unpaired) electrons. The van der Waals surface area contributed by atoms with Crippen LogP contribution in [0.2, 0.25) is 0 Å². The van der Waals surface area contributed by atoms with Gasteiger partial charge in [0.25, 0.3) is 5.91 Å². The number of rotatable bonds is 2. The Kier molecular flexibility index (Phi) is 6.38. The monoisotopic (exact) mass is 351 g/mol. The molecular formula is C18H20F3N3O. The largest absolute Gasteiger partial charge is 0.416 e. The molecule has 1 fully saturated rings. The summed E-state index contributed by atoms with van der Waals surface area (Å²) in [4.78, 5) is 16.2. The van der Waals surface area contributed by atoms with Crippen molar-refractivity contribution in [2.45, 2.75) is 25.4 Å². The van der Waals surface area contributed by atoms with Gasteiger partial charge < -0.3 is 10.6 Å². The van der Waals surface area contributed by atoms with Gasteiger partial charge in [0, 0.05) is 25.0 Å². The minimum absolute atomic E-state index is 0.303. The highest BCUT2D eigenvalue weighted by Crippen LogP contribution is 2.31. The first-order valence-electron chi connectivity index (χ1n) is 8.01. The molecule has 1 aromatic carbocycles. The summed E-state index contributed by atoms with van der Waals surface area (Å²) in [5.74, 6) is -0.490. The summed E-state index contributed by atoms with van der Waals surface area (Å²) >= 11 is 0. The molecule has 1 aliphatic heterocycles. The number of pyridine rings is 1. The van der Waals surface area contributed by atoms with Gasteiger partial charge in [0.15, 0.2) is 0 Å². The number of carbonyl (C=O) groups excluding carboxylic acids is 1. The SMILES string of the molecule is FC(F)(F)c1ccc(N2CCCCC2)cc1.NC(=O)c1ccccn1. The molecule has 0 unspecified atom stereocenters. The number of carbonyl (C=O) groups is 1. The van der Waals surface area contributed by atoms with Gasteiger partial charge in [0.05, 0.1) is 5.56 Å². The lowest BCUT2D eigenvalue weighted by Crippen LogP contribution is -2.29.